The summed E-state index contributed by atoms with van der Waals surface area (Å²) in [5, 5.41) is 101. The van der Waals surface area contributed by atoms with E-state index in [0.29, 0.717) is 11.1 Å². The number of aliphatic hydroxyl groups is 7. The molecule has 2 aromatic carbocycles. The third-order valence-electron chi connectivity index (χ3n) is 7.71. The highest BCUT2D eigenvalue weighted by atomic mass is 16.8. The maximum atomic E-state index is 12.9. The Morgan fingerprint density at radius 2 is 1.40 bits per heavy atom. The van der Waals surface area contributed by atoms with Crippen LogP contribution in [-0.4, -0.2) is 125 Å². The molecule has 2 fully saturated rings. The highest BCUT2D eigenvalue weighted by molar-refractivity contribution is 6.01. The van der Waals surface area contributed by atoms with Crippen molar-refractivity contribution in [3.63, 3.8) is 0 Å². The van der Waals surface area contributed by atoms with Crippen LogP contribution in [0, 0.1) is 0 Å². The van der Waals surface area contributed by atoms with Gasteiger partial charge in [0.05, 0.1) is 12.2 Å². The van der Waals surface area contributed by atoms with E-state index >= 15 is 0 Å². The average Bonchev–Trinajstić information content (AvgIpc) is 2.95. The van der Waals surface area contributed by atoms with Gasteiger partial charge in [0.2, 0.25) is 6.29 Å². The number of ether oxygens (including phenoxy) is 4. The second-order valence-electron chi connectivity index (χ2n) is 10.6. The lowest BCUT2D eigenvalue weighted by molar-refractivity contribution is -0.350. The first kappa shape index (κ1) is 30.4. The minimum Gasteiger partial charge on any atom is -0.507 e. The van der Waals surface area contributed by atoms with Gasteiger partial charge in [0.25, 0.3) is 0 Å². The molecule has 42 heavy (non-hydrogen) atoms. The topological polar surface area (TPSA) is 256 Å². The fraction of sp³-hybridized carbons (Fsp3) is 0.519. The standard InChI is InChI=1S/C27H32O15/c28-13-2-1-9(5-14(13)29)10-3-11-4-12(7-16(31)18(11)15(30)6-10)40-27-24(37)20(33)19(32)17(41-27)8-39-26-23(36)21(34)22(35)25(38)42-26/h1-2,4-5,7,10,17,19-29,31-38H,3,6,8H2. The number of ketones is 1. The maximum absolute atomic E-state index is 12.9. The molecule has 0 spiro atoms. The summed E-state index contributed by atoms with van der Waals surface area (Å²) in [7, 11) is 0. The third kappa shape index (κ3) is 5.76. The van der Waals surface area contributed by atoms with Crippen molar-refractivity contribution in [1.29, 1.82) is 0 Å². The van der Waals surface area contributed by atoms with Crippen LogP contribution in [0.25, 0.3) is 0 Å². The molecule has 11 atom stereocenters. The predicted octanol–water partition coefficient (Wildman–Crippen LogP) is -2.32. The molecule has 2 saturated heterocycles. The normalized spacial score (nSPS) is 36.8. The summed E-state index contributed by atoms with van der Waals surface area (Å²) in [5.41, 5.74) is 1.06. The van der Waals surface area contributed by atoms with Crippen molar-refractivity contribution in [2.45, 2.75) is 80.4 Å². The van der Waals surface area contributed by atoms with Crippen molar-refractivity contribution in [2.24, 2.45) is 0 Å². The molecule has 0 bridgehead atoms. The van der Waals surface area contributed by atoms with E-state index in [1.165, 1.54) is 18.2 Å². The first-order chi connectivity index (χ1) is 19.8. The highest BCUT2D eigenvalue weighted by Gasteiger charge is 2.48. The zero-order valence-electron chi connectivity index (χ0n) is 21.9. The van der Waals surface area contributed by atoms with Crippen molar-refractivity contribution in [3.05, 3.63) is 47.0 Å². The van der Waals surface area contributed by atoms with E-state index in [4.69, 9.17) is 18.9 Å². The summed E-state index contributed by atoms with van der Waals surface area (Å²) in [6.07, 6.45) is -16.9. The average molecular weight is 597 g/mol. The number of phenolic OH excluding ortho intramolecular Hbond substituents is 3. The van der Waals surface area contributed by atoms with E-state index < -0.39 is 79.9 Å². The van der Waals surface area contributed by atoms with Gasteiger partial charge >= 0.3 is 0 Å². The molecule has 0 saturated carbocycles. The van der Waals surface area contributed by atoms with Gasteiger partial charge in [0.15, 0.2) is 29.9 Å². The van der Waals surface area contributed by atoms with Crippen molar-refractivity contribution in [2.75, 3.05) is 6.61 Å². The second kappa shape index (κ2) is 11.9. The van der Waals surface area contributed by atoms with E-state index in [-0.39, 0.29) is 41.4 Å². The molecule has 230 valence electrons. The molecule has 2 heterocycles. The van der Waals surface area contributed by atoms with Gasteiger partial charge in [-0.1, -0.05) is 6.07 Å². The number of carbonyl (C=O) groups is 1. The number of aromatic hydroxyl groups is 3. The summed E-state index contributed by atoms with van der Waals surface area (Å²) < 4.78 is 21.5. The van der Waals surface area contributed by atoms with Crippen LogP contribution in [0.4, 0.5) is 0 Å². The van der Waals surface area contributed by atoms with Gasteiger partial charge in [0.1, 0.15) is 54.2 Å². The molecule has 2 aromatic rings. The van der Waals surface area contributed by atoms with E-state index in [1.54, 1.807) is 6.07 Å². The lowest BCUT2D eigenvalue weighted by Crippen LogP contribution is -2.61. The van der Waals surface area contributed by atoms with Crippen LogP contribution < -0.4 is 4.74 Å². The van der Waals surface area contributed by atoms with E-state index in [1.807, 2.05) is 0 Å². The SMILES string of the molecule is O=C1CC(c2ccc(O)c(O)c2)Cc2cc(OC3OC(COC4OC(O)C(O)C(O)C4O)C(O)C(O)C3O)cc(O)c21. The minimum absolute atomic E-state index is 0.0353. The smallest absolute Gasteiger partial charge is 0.229 e. The number of benzene rings is 2. The van der Waals surface area contributed by atoms with Crippen LogP contribution >= 0.6 is 0 Å². The van der Waals surface area contributed by atoms with Crippen LogP contribution in [0.5, 0.6) is 23.0 Å². The van der Waals surface area contributed by atoms with E-state index in [9.17, 15) is 55.9 Å². The third-order valence-corrected chi connectivity index (χ3v) is 7.71. The summed E-state index contributed by atoms with van der Waals surface area (Å²) in [5.74, 6) is -1.86. The molecular weight excluding hydrogens is 564 g/mol. The number of fused-ring (bicyclic) bond motifs is 1. The predicted molar refractivity (Wildman–Crippen MR) is 135 cm³/mol. The van der Waals surface area contributed by atoms with E-state index in [0.717, 1.165) is 6.07 Å². The van der Waals surface area contributed by atoms with Gasteiger partial charge in [-0.15, -0.1) is 0 Å². The Kier molecular flexibility index (Phi) is 8.60. The zero-order valence-corrected chi connectivity index (χ0v) is 21.9. The summed E-state index contributed by atoms with van der Waals surface area (Å²) in [6.45, 7) is -0.590. The number of carbonyl (C=O) groups excluding carboxylic acids is 1. The summed E-state index contributed by atoms with van der Waals surface area (Å²) in [6, 6.07) is 6.79. The van der Waals surface area contributed by atoms with Crippen molar-refractivity contribution < 1.29 is 74.8 Å². The minimum atomic E-state index is -1.88. The molecule has 15 nitrogen and oxygen atoms in total. The molecule has 10 N–H and O–H groups in total. The Morgan fingerprint density at radius 3 is 2.12 bits per heavy atom. The number of rotatable bonds is 6. The molecule has 1 aliphatic carbocycles. The second-order valence-corrected chi connectivity index (χ2v) is 10.6. The quantitative estimate of drug-likeness (QED) is 0.157. The van der Waals surface area contributed by atoms with Gasteiger partial charge in [-0.25, -0.2) is 0 Å². The number of hydrogen-bond donors (Lipinski definition) is 10. The van der Waals surface area contributed by atoms with Gasteiger partial charge < -0.3 is 70.0 Å². The fourth-order valence-corrected chi connectivity index (χ4v) is 5.34. The fourth-order valence-electron chi connectivity index (χ4n) is 5.34. The van der Waals surface area contributed by atoms with Crippen LogP contribution in [0.15, 0.2) is 30.3 Å². The van der Waals surface area contributed by atoms with Crippen LogP contribution in [0.2, 0.25) is 0 Å². The maximum Gasteiger partial charge on any atom is 0.229 e. The van der Waals surface area contributed by atoms with Crippen molar-refractivity contribution in [3.8, 4) is 23.0 Å². The molecule has 15 heteroatoms. The summed E-state index contributed by atoms with van der Waals surface area (Å²) >= 11 is 0. The van der Waals surface area contributed by atoms with Gasteiger partial charge in [0, 0.05) is 12.5 Å². The van der Waals surface area contributed by atoms with Crippen LogP contribution in [-0.2, 0) is 20.6 Å². The van der Waals surface area contributed by atoms with Gasteiger partial charge in [-0.3, -0.25) is 4.79 Å². The highest BCUT2D eigenvalue weighted by Crippen LogP contribution is 2.41. The number of phenols is 3. The Balaban J connectivity index is 1.30. The Morgan fingerprint density at radius 1 is 0.714 bits per heavy atom. The molecule has 2 aliphatic heterocycles. The molecule has 5 rings (SSSR count). The van der Waals surface area contributed by atoms with Crippen molar-refractivity contribution >= 4 is 5.78 Å². The Bertz CT molecular complexity index is 1300. The zero-order chi connectivity index (χ0) is 30.5. The Hall–Kier alpha value is -3.09. The molecule has 0 amide bonds. The van der Waals surface area contributed by atoms with Crippen LogP contribution in [0.3, 0.4) is 0 Å². The molecule has 0 aromatic heterocycles. The van der Waals surface area contributed by atoms with Gasteiger partial charge in [-0.2, -0.15) is 0 Å². The monoisotopic (exact) mass is 596 g/mol. The molecule has 0 radical (unpaired) electrons. The Labute approximate surface area is 238 Å². The first-order valence-corrected chi connectivity index (χ1v) is 13.1. The number of hydrogen-bond acceptors (Lipinski definition) is 15. The summed E-state index contributed by atoms with van der Waals surface area (Å²) in [4.78, 5) is 12.9. The number of Topliss-reactive ketones (excluding diaryl/α,β-unsaturated/α-hetero) is 1. The lowest BCUT2D eigenvalue weighted by atomic mass is 9.79. The van der Waals surface area contributed by atoms with Crippen molar-refractivity contribution in [1.82, 2.24) is 0 Å². The first-order valence-electron chi connectivity index (χ1n) is 13.1. The lowest BCUT2D eigenvalue weighted by Gasteiger charge is -2.42. The van der Waals surface area contributed by atoms with E-state index in [2.05, 4.69) is 0 Å². The molecular formula is C27H32O15. The van der Waals surface area contributed by atoms with Crippen LogP contribution in [0.1, 0.15) is 33.8 Å². The molecule has 11 unspecified atom stereocenters. The molecule has 3 aliphatic rings. The van der Waals surface area contributed by atoms with Gasteiger partial charge in [-0.05, 0) is 41.7 Å². The largest absolute Gasteiger partial charge is 0.507 e. The number of aliphatic hydroxyl groups excluding tert-OH is 7.